The Balaban J connectivity index is 2.10. The highest BCUT2D eigenvalue weighted by Gasteiger charge is 2.34. The smallest absolute Gasteiger partial charge is 0.418 e. The summed E-state index contributed by atoms with van der Waals surface area (Å²) < 4.78 is 49.2. The summed E-state index contributed by atoms with van der Waals surface area (Å²) in [5.41, 5.74) is -1.38. The number of rotatable bonds is 6. The number of ether oxygens (including phenoxy) is 2. The topological polar surface area (TPSA) is 64.6 Å². The Bertz CT molecular complexity index is 824. The van der Waals surface area contributed by atoms with Gasteiger partial charge in [-0.1, -0.05) is 11.6 Å². The molecule has 2 aromatic carbocycles. The number of carbonyl (C=O) groups excluding carboxylic acids is 2. The molecule has 0 heterocycles. The van der Waals surface area contributed by atoms with Crippen LogP contribution in [-0.2, 0) is 11.0 Å². The van der Waals surface area contributed by atoms with Crippen LogP contribution in [0.1, 0.15) is 15.9 Å². The molecule has 138 valence electrons. The van der Waals surface area contributed by atoms with Crippen LogP contribution in [-0.4, -0.2) is 25.9 Å². The summed E-state index contributed by atoms with van der Waals surface area (Å²) in [6, 6.07) is 7.32. The van der Waals surface area contributed by atoms with Crippen molar-refractivity contribution < 1.29 is 32.2 Å². The Labute approximate surface area is 151 Å². The molecule has 0 atom stereocenters. The van der Waals surface area contributed by atoms with Gasteiger partial charge >= 0.3 is 6.18 Å². The SMILES string of the molecule is COc1ccc(OCC(=O)Nc2ccc(Cl)cc2C(F)(F)F)c(C=O)c1. The summed E-state index contributed by atoms with van der Waals surface area (Å²) >= 11 is 5.58. The quantitative estimate of drug-likeness (QED) is 0.755. The molecule has 0 aliphatic heterocycles. The maximum atomic E-state index is 13.0. The molecule has 0 aromatic heterocycles. The second-order valence-corrected chi connectivity index (χ2v) is 5.48. The van der Waals surface area contributed by atoms with E-state index in [-0.39, 0.29) is 16.3 Å². The second-order valence-electron chi connectivity index (χ2n) is 5.05. The molecule has 0 saturated carbocycles. The lowest BCUT2D eigenvalue weighted by Crippen LogP contribution is -2.22. The maximum absolute atomic E-state index is 13.0. The zero-order chi connectivity index (χ0) is 19.3. The Morgan fingerprint density at radius 3 is 2.58 bits per heavy atom. The molecule has 0 spiro atoms. The van der Waals surface area contributed by atoms with Gasteiger partial charge in [0.1, 0.15) is 11.5 Å². The summed E-state index contributed by atoms with van der Waals surface area (Å²) in [7, 11) is 1.42. The maximum Gasteiger partial charge on any atom is 0.418 e. The molecule has 0 bridgehead atoms. The average Bonchev–Trinajstić information content (AvgIpc) is 2.60. The fourth-order valence-corrected chi connectivity index (χ4v) is 2.24. The molecule has 5 nitrogen and oxygen atoms in total. The predicted octanol–water partition coefficient (Wildman–Crippen LogP) is 4.20. The standard InChI is InChI=1S/C17H13ClF3NO4/c1-25-12-3-5-15(10(6-12)8-23)26-9-16(24)22-14-4-2-11(18)7-13(14)17(19,20)21/h2-8H,9H2,1H3,(H,22,24). The molecule has 0 aliphatic carbocycles. The molecule has 2 aromatic rings. The summed E-state index contributed by atoms with van der Waals surface area (Å²) in [4.78, 5) is 23.0. The largest absolute Gasteiger partial charge is 0.497 e. The van der Waals surface area contributed by atoms with E-state index in [2.05, 4.69) is 5.32 Å². The van der Waals surface area contributed by atoms with Gasteiger partial charge in [-0.2, -0.15) is 13.2 Å². The van der Waals surface area contributed by atoms with Crippen LogP contribution in [0.25, 0.3) is 0 Å². The molecule has 0 aliphatic rings. The number of halogens is 4. The first-order valence-corrected chi connectivity index (χ1v) is 7.55. The lowest BCUT2D eigenvalue weighted by Gasteiger charge is -2.15. The molecule has 2 rings (SSSR count). The van der Waals surface area contributed by atoms with Crippen molar-refractivity contribution in [2.45, 2.75) is 6.18 Å². The van der Waals surface area contributed by atoms with Gasteiger partial charge in [-0.25, -0.2) is 0 Å². The first-order valence-electron chi connectivity index (χ1n) is 7.17. The van der Waals surface area contributed by atoms with Crippen LogP contribution in [0.3, 0.4) is 0 Å². The van der Waals surface area contributed by atoms with Gasteiger partial charge in [0, 0.05) is 5.02 Å². The molecular weight excluding hydrogens is 375 g/mol. The van der Waals surface area contributed by atoms with Gasteiger partial charge in [0.2, 0.25) is 0 Å². The fraction of sp³-hybridized carbons (Fsp3) is 0.176. The van der Waals surface area contributed by atoms with Gasteiger partial charge in [-0.05, 0) is 36.4 Å². The number of methoxy groups -OCH3 is 1. The highest BCUT2D eigenvalue weighted by molar-refractivity contribution is 6.30. The van der Waals surface area contributed by atoms with E-state index in [9.17, 15) is 22.8 Å². The summed E-state index contributed by atoms with van der Waals surface area (Å²) in [5, 5.41) is 2.01. The van der Waals surface area contributed by atoms with Crippen molar-refractivity contribution in [3.8, 4) is 11.5 Å². The fourth-order valence-electron chi connectivity index (χ4n) is 2.07. The zero-order valence-electron chi connectivity index (χ0n) is 13.4. The van der Waals surface area contributed by atoms with Crippen molar-refractivity contribution in [2.24, 2.45) is 0 Å². The molecule has 1 amide bonds. The van der Waals surface area contributed by atoms with E-state index >= 15 is 0 Å². The highest BCUT2D eigenvalue weighted by atomic mass is 35.5. The number of carbonyl (C=O) groups is 2. The van der Waals surface area contributed by atoms with Crippen LogP contribution in [0, 0.1) is 0 Å². The van der Waals surface area contributed by atoms with Crippen molar-refractivity contribution in [2.75, 3.05) is 19.0 Å². The Hall–Kier alpha value is -2.74. The van der Waals surface area contributed by atoms with Crippen LogP contribution >= 0.6 is 11.6 Å². The number of benzene rings is 2. The molecule has 26 heavy (non-hydrogen) atoms. The van der Waals surface area contributed by atoms with Gasteiger partial charge in [0.25, 0.3) is 5.91 Å². The van der Waals surface area contributed by atoms with Crippen molar-refractivity contribution in [3.05, 3.63) is 52.5 Å². The summed E-state index contributed by atoms with van der Waals surface area (Å²) in [5.74, 6) is -0.312. The number of nitrogens with one attached hydrogen (secondary N) is 1. The lowest BCUT2D eigenvalue weighted by atomic mass is 10.1. The lowest BCUT2D eigenvalue weighted by molar-refractivity contribution is -0.137. The van der Waals surface area contributed by atoms with Crippen molar-refractivity contribution >= 4 is 29.5 Å². The number of anilines is 1. The van der Waals surface area contributed by atoms with Gasteiger partial charge in [-0.15, -0.1) is 0 Å². The minimum atomic E-state index is -4.69. The Morgan fingerprint density at radius 1 is 1.23 bits per heavy atom. The third-order valence-electron chi connectivity index (χ3n) is 3.26. The second kappa shape index (κ2) is 8.09. The average molecular weight is 388 g/mol. The van der Waals surface area contributed by atoms with E-state index in [1.807, 2.05) is 0 Å². The molecule has 0 fully saturated rings. The third-order valence-corrected chi connectivity index (χ3v) is 3.50. The van der Waals surface area contributed by atoms with Crippen molar-refractivity contribution in [3.63, 3.8) is 0 Å². The number of hydrogen-bond acceptors (Lipinski definition) is 4. The first-order chi connectivity index (χ1) is 12.2. The molecule has 0 saturated heterocycles. The van der Waals surface area contributed by atoms with E-state index < -0.39 is 29.9 Å². The Morgan fingerprint density at radius 2 is 1.96 bits per heavy atom. The van der Waals surface area contributed by atoms with Crippen molar-refractivity contribution in [1.29, 1.82) is 0 Å². The van der Waals surface area contributed by atoms with Crippen LogP contribution in [0.15, 0.2) is 36.4 Å². The van der Waals surface area contributed by atoms with E-state index in [4.69, 9.17) is 21.1 Å². The molecule has 1 N–H and O–H groups in total. The van der Waals surface area contributed by atoms with E-state index in [1.54, 1.807) is 0 Å². The normalized spacial score (nSPS) is 11.0. The van der Waals surface area contributed by atoms with Gasteiger partial charge < -0.3 is 14.8 Å². The van der Waals surface area contributed by atoms with Crippen LogP contribution in [0.4, 0.5) is 18.9 Å². The third kappa shape index (κ3) is 4.89. The van der Waals surface area contributed by atoms with Gasteiger partial charge in [-0.3, -0.25) is 9.59 Å². The molecule has 0 unspecified atom stereocenters. The van der Waals surface area contributed by atoms with Crippen LogP contribution < -0.4 is 14.8 Å². The monoisotopic (exact) mass is 387 g/mol. The van der Waals surface area contributed by atoms with Crippen LogP contribution in [0.5, 0.6) is 11.5 Å². The zero-order valence-corrected chi connectivity index (χ0v) is 14.1. The Kier molecular flexibility index (Phi) is 6.10. The van der Waals surface area contributed by atoms with Gasteiger partial charge in [0.05, 0.1) is 23.9 Å². The van der Waals surface area contributed by atoms with E-state index in [0.29, 0.717) is 18.1 Å². The predicted molar refractivity (Wildman–Crippen MR) is 89.0 cm³/mol. The minimum Gasteiger partial charge on any atom is -0.497 e. The van der Waals surface area contributed by atoms with E-state index in [0.717, 1.165) is 6.07 Å². The summed E-state index contributed by atoms with van der Waals surface area (Å²) in [6.45, 7) is -0.590. The first kappa shape index (κ1) is 19.6. The number of alkyl halides is 3. The number of amides is 1. The molecular formula is C17H13ClF3NO4. The minimum absolute atomic E-state index is 0.100. The number of hydrogen-bond donors (Lipinski definition) is 1. The highest BCUT2D eigenvalue weighted by Crippen LogP contribution is 2.36. The van der Waals surface area contributed by atoms with Crippen molar-refractivity contribution in [1.82, 2.24) is 0 Å². The number of aldehydes is 1. The molecule has 0 radical (unpaired) electrons. The van der Waals surface area contributed by atoms with E-state index in [1.165, 1.54) is 31.4 Å². The summed E-state index contributed by atoms with van der Waals surface area (Å²) in [6.07, 6.45) is -4.17. The van der Waals surface area contributed by atoms with Crippen LogP contribution in [0.2, 0.25) is 5.02 Å². The van der Waals surface area contributed by atoms with Gasteiger partial charge in [0.15, 0.2) is 12.9 Å². The molecule has 9 heteroatoms.